The summed E-state index contributed by atoms with van der Waals surface area (Å²) in [5.74, 6) is -0.334. The molecule has 2 atom stereocenters. The summed E-state index contributed by atoms with van der Waals surface area (Å²) < 4.78 is 90.5. The van der Waals surface area contributed by atoms with Gasteiger partial charge in [0.1, 0.15) is 11.9 Å². The number of carbonyl (C=O) groups excluding carboxylic acids is 1. The number of hydrogen-bond donors (Lipinski definition) is 0. The summed E-state index contributed by atoms with van der Waals surface area (Å²) >= 11 is 0. The number of anilines is 1. The molecule has 1 saturated heterocycles. The SMILES string of the molecule is COC(=O)c1ccc(N2C[C@@H](Oc3ccc(C(F)(F)F)cc3)CC[C@H]2COC(F)(F)F)cc1. The van der Waals surface area contributed by atoms with Gasteiger partial charge in [-0.25, -0.2) is 4.79 Å². The number of piperidine rings is 1. The van der Waals surface area contributed by atoms with Gasteiger partial charge in [-0.15, -0.1) is 13.2 Å². The van der Waals surface area contributed by atoms with Crippen molar-refractivity contribution in [3.05, 3.63) is 59.7 Å². The molecule has 0 amide bonds. The van der Waals surface area contributed by atoms with E-state index in [2.05, 4.69) is 9.47 Å². The minimum atomic E-state index is -4.78. The van der Waals surface area contributed by atoms with Crippen molar-refractivity contribution < 1.29 is 45.3 Å². The van der Waals surface area contributed by atoms with Crippen LogP contribution in [0, 0.1) is 0 Å². The van der Waals surface area contributed by atoms with E-state index in [4.69, 9.17) is 4.74 Å². The molecular weight excluding hydrogens is 456 g/mol. The van der Waals surface area contributed by atoms with E-state index >= 15 is 0 Å². The van der Waals surface area contributed by atoms with Gasteiger partial charge in [0.05, 0.1) is 37.4 Å². The van der Waals surface area contributed by atoms with Crippen molar-refractivity contribution in [1.29, 1.82) is 0 Å². The number of carbonyl (C=O) groups is 1. The van der Waals surface area contributed by atoms with Crippen LogP contribution in [0.15, 0.2) is 48.5 Å². The fourth-order valence-electron chi connectivity index (χ4n) is 3.59. The normalized spacial score (nSPS) is 19.3. The molecule has 33 heavy (non-hydrogen) atoms. The van der Waals surface area contributed by atoms with Gasteiger partial charge < -0.3 is 14.4 Å². The zero-order valence-corrected chi connectivity index (χ0v) is 17.4. The number of nitrogens with zero attached hydrogens (tertiary/aromatic N) is 1. The van der Waals surface area contributed by atoms with Crippen molar-refractivity contribution in [2.75, 3.05) is 25.2 Å². The van der Waals surface area contributed by atoms with Crippen LogP contribution in [-0.4, -0.2) is 44.7 Å². The molecule has 0 aromatic heterocycles. The average Bonchev–Trinajstić information content (AvgIpc) is 2.77. The third-order valence-corrected chi connectivity index (χ3v) is 5.21. The predicted molar refractivity (Wildman–Crippen MR) is 106 cm³/mol. The van der Waals surface area contributed by atoms with Crippen molar-refractivity contribution in [3.63, 3.8) is 0 Å². The molecule has 3 rings (SSSR count). The molecule has 180 valence electrons. The van der Waals surface area contributed by atoms with Crippen LogP contribution in [0.5, 0.6) is 5.75 Å². The standard InChI is InChI=1S/C22H21F6NO4/c1-31-20(30)14-2-6-16(7-3-14)29-12-19(11-8-17(29)13-32-22(26,27)28)33-18-9-4-15(5-10-18)21(23,24)25/h2-7,9-10,17,19H,8,11-13H2,1H3/t17-,19-/m0/s1. The van der Waals surface area contributed by atoms with E-state index in [1.807, 2.05) is 0 Å². The second kappa shape index (κ2) is 9.90. The van der Waals surface area contributed by atoms with Gasteiger partial charge in [0, 0.05) is 5.69 Å². The zero-order valence-electron chi connectivity index (χ0n) is 17.4. The lowest BCUT2D eigenvalue weighted by atomic mass is 9.99. The van der Waals surface area contributed by atoms with Crippen molar-refractivity contribution in [2.45, 2.75) is 37.5 Å². The Morgan fingerprint density at radius 2 is 1.61 bits per heavy atom. The molecule has 2 aromatic carbocycles. The first-order valence-corrected chi connectivity index (χ1v) is 9.96. The predicted octanol–water partition coefficient (Wildman–Crippen LogP) is 5.44. The smallest absolute Gasteiger partial charge is 0.489 e. The van der Waals surface area contributed by atoms with Crippen LogP contribution < -0.4 is 9.64 Å². The molecule has 0 unspecified atom stereocenters. The van der Waals surface area contributed by atoms with Crippen LogP contribution in [-0.2, 0) is 15.7 Å². The zero-order chi connectivity index (χ0) is 24.2. The quantitative estimate of drug-likeness (QED) is 0.410. The van der Waals surface area contributed by atoms with Crippen LogP contribution in [0.1, 0.15) is 28.8 Å². The Kier molecular flexibility index (Phi) is 7.41. The Labute approximate surface area is 185 Å². The fourth-order valence-corrected chi connectivity index (χ4v) is 3.59. The molecule has 11 heteroatoms. The van der Waals surface area contributed by atoms with E-state index in [0.717, 1.165) is 12.1 Å². The summed E-state index contributed by atoms with van der Waals surface area (Å²) in [5, 5.41) is 0. The Morgan fingerprint density at radius 1 is 0.970 bits per heavy atom. The van der Waals surface area contributed by atoms with Crippen LogP contribution >= 0.6 is 0 Å². The van der Waals surface area contributed by atoms with E-state index < -0.39 is 42.8 Å². The maximum absolute atomic E-state index is 12.7. The van der Waals surface area contributed by atoms with Crippen molar-refractivity contribution in [2.24, 2.45) is 0 Å². The van der Waals surface area contributed by atoms with E-state index in [1.54, 1.807) is 17.0 Å². The minimum absolute atomic E-state index is 0.171. The van der Waals surface area contributed by atoms with Gasteiger partial charge in [0.2, 0.25) is 0 Å². The number of ether oxygens (including phenoxy) is 3. The van der Waals surface area contributed by atoms with Gasteiger partial charge in [0.15, 0.2) is 0 Å². The largest absolute Gasteiger partial charge is 0.522 e. The molecule has 1 heterocycles. The molecule has 0 spiro atoms. The first kappa shape index (κ1) is 24.7. The maximum atomic E-state index is 12.7. The van der Waals surface area contributed by atoms with Gasteiger partial charge in [0.25, 0.3) is 0 Å². The van der Waals surface area contributed by atoms with Crippen LogP contribution in [0.4, 0.5) is 32.0 Å². The van der Waals surface area contributed by atoms with E-state index in [0.29, 0.717) is 18.5 Å². The first-order chi connectivity index (χ1) is 15.5. The summed E-state index contributed by atoms with van der Waals surface area (Å²) in [5.41, 5.74) is 0.00762. The van der Waals surface area contributed by atoms with Gasteiger partial charge in [-0.2, -0.15) is 13.2 Å². The maximum Gasteiger partial charge on any atom is 0.522 e. The topological polar surface area (TPSA) is 48.0 Å². The number of benzene rings is 2. The molecule has 0 N–H and O–H groups in total. The summed E-state index contributed by atoms with van der Waals surface area (Å²) in [6, 6.07) is 9.73. The molecule has 0 radical (unpaired) electrons. The van der Waals surface area contributed by atoms with Gasteiger partial charge in [-0.05, 0) is 61.4 Å². The summed E-state index contributed by atoms with van der Waals surface area (Å²) in [6.45, 7) is -0.431. The Hall–Kier alpha value is -2.95. The van der Waals surface area contributed by atoms with Gasteiger partial charge in [-0.1, -0.05) is 0 Å². The number of rotatable bonds is 6. The second-order valence-corrected chi connectivity index (χ2v) is 7.44. The Morgan fingerprint density at radius 3 is 2.15 bits per heavy atom. The van der Waals surface area contributed by atoms with Crippen LogP contribution in [0.2, 0.25) is 0 Å². The highest BCUT2D eigenvalue weighted by Crippen LogP contribution is 2.32. The third kappa shape index (κ3) is 6.77. The molecule has 0 saturated carbocycles. The van der Waals surface area contributed by atoms with E-state index in [9.17, 15) is 31.1 Å². The number of hydrogen-bond acceptors (Lipinski definition) is 5. The number of methoxy groups -OCH3 is 1. The van der Waals surface area contributed by atoms with Crippen LogP contribution in [0.25, 0.3) is 0 Å². The number of halogens is 6. The first-order valence-electron chi connectivity index (χ1n) is 9.96. The van der Waals surface area contributed by atoms with E-state index in [-0.39, 0.29) is 17.9 Å². The summed E-state index contributed by atoms with van der Waals surface area (Å²) in [4.78, 5) is 13.3. The third-order valence-electron chi connectivity index (χ3n) is 5.21. The molecule has 2 aromatic rings. The summed E-state index contributed by atoms with van der Waals surface area (Å²) in [6.07, 6.45) is -9.07. The van der Waals surface area contributed by atoms with Gasteiger partial charge >= 0.3 is 18.5 Å². The Bertz CT molecular complexity index is 928. The number of alkyl halides is 6. The lowest BCUT2D eigenvalue weighted by Gasteiger charge is -2.41. The fraction of sp³-hybridized carbons (Fsp3) is 0.409. The molecular formula is C22H21F6NO4. The van der Waals surface area contributed by atoms with Crippen LogP contribution in [0.3, 0.4) is 0 Å². The summed E-state index contributed by atoms with van der Waals surface area (Å²) in [7, 11) is 1.23. The monoisotopic (exact) mass is 477 g/mol. The van der Waals surface area contributed by atoms with Crippen molar-refractivity contribution in [1.82, 2.24) is 0 Å². The number of esters is 1. The highest BCUT2D eigenvalue weighted by atomic mass is 19.4. The van der Waals surface area contributed by atoms with Crippen molar-refractivity contribution >= 4 is 11.7 Å². The Balaban J connectivity index is 1.75. The second-order valence-electron chi connectivity index (χ2n) is 7.44. The molecule has 0 bridgehead atoms. The van der Waals surface area contributed by atoms with E-state index in [1.165, 1.54) is 31.4 Å². The highest BCUT2D eigenvalue weighted by Gasteiger charge is 2.35. The van der Waals surface area contributed by atoms with Crippen molar-refractivity contribution in [3.8, 4) is 5.75 Å². The highest BCUT2D eigenvalue weighted by molar-refractivity contribution is 5.89. The lowest BCUT2D eigenvalue weighted by molar-refractivity contribution is -0.326. The molecule has 0 aliphatic carbocycles. The average molecular weight is 477 g/mol. The lowest BCUT2D eigenvalue weighted by Crippen LogP contribution is -2.50. The molecule has 5 nitrogen and oxygen atoms in total. The molecule has 1 aliphatic rings. The van der Waals surface area contributed by atoms with Gasteiger partial charge in [-0.3, -0.25) is 4.74 Å². The minimum Gasteiger partial charge on any atom is -0.489 e. The molecule has 1 fully saturated rings. The molecule has 1 aliphatic heterocycles.